The first-order valence-corrected chi connectivity index (χ1v) is 5.95. The van der Waals surface area contributed by atoms with Crippen LogP contribution in [-0.4, -0.2) is 19.9 Å². The molecular weight excluding hydrogens is 256 g/mol. The first-order chi connectivity index (χ1) is 6.08. The van der Waals surface area contributed by atoms with Crippen LogP contribution in [0.1, 0.15) is 6.92 Å². The van der Waals surface area contributed by atoms with E-state index in [4.69, 9.17) is 0 Å². The standard InChI is InChI=1S/C7H9BrN2O2S/c1-2-10-13(11,12)6-4-3-5-9-7(6)8/h3-5,10H,2H2,1H3. The van der Waals surface area contributed by atoms with Gasteiger partial charge in [0.15, 0.2) is 0 Å². The highest BCUT2D eigenvalue weighted by Crippen LogP contribution is 2.17. The van der Waals surface area contributed by atoms with Crippen molar-refractivity contribution in [2.45, 2.75) is 11.8 Å². The average molecular weight is 265 g/mol. The summed E-state index contributed by atoms with van der Waals surface area (Å²) < 4.78 is 25.7. The van der Waals surface area contributed by atoms with E-state index < -0.39 is 10.0 Å². The van der Waals surface area contributed by atoms with Gasteiger partial charge in [0.2, 0.25) is 10.0 Å². The van der Waals surface area contributed by atoms with Gasteiger partial charge in [0.1, 0.15) is 9.50 Å². The molecule has 0 amide bonds. The van der Waals surface area contributed by atoms with Crippen molar-refractivity contribution in [2.24, 2.45) is 0 Å². The molecule has 0 aliphatic heterocycles. The smallest absolute Gasteiger partial charge is 0.243 e. The monoisotopic (exact) mass is 264 g/mol. The van der Waals surface area contributed by atoms with Crippen LogP contribution in [0.4, 0.5) is 0 Å². The predicted molar refractivity (Wildman–Crippen MR) is 52.8 cm³/mol. The third-order valence-electron chi connectivity index (χ3n) is 1.35. The van der Waals surface area contributed by atoms with Crippen LogP contribution in [0.3, 0.4) is 0 Å². The van der Waals surface area contributed by atoms with Crippen molar-refractivity contribution in [1.29, 1.82) is 0 Å². The number of halogens is 1. The molecule has 0 atom stereocenters. The van der Waals surface area contributed by atoms with Gasteiger partial charge in [0.05, 0.1) is 0 Å². The van der Waals surface area contributed by atoms with Gasteiger partial charge in [-0.1, -0.05) is 6.92 Å². The molecule has 1 aromatic rings. The summed E-state index contributed by atoms with van der Waals surface area (Å²) in [6.45, 7) is 2.09. The van der Waals surface area contributed by atoms with E-state index in [-0.39, 0.29) is 4.90 Å². The molecule has 0 aliphatic carbocycles. The van der Waals surface area contributed by atoms with E-state index in [1.54, 1.807) is 13.0 Å². The summed E-state index contributed by atoms with van der Waals surface area (Å²) in [6.07, 6.45) is 1.52. The van der Waals surface area contributed by atoms with Crippen molar-refractivity contribution in [3.05, 3.63) is 22.9 Å². The topological polar surface area (TPSA) is 59.1 Å². The fourth-order valence-electron chi connectivity index (χ4n) is 0.840. The van der Waals surface area contributed by atoms with Gasteiger partial charge in [-0.2, -0.15) is 0 Å². The lowest BCUT2D eigenvalue weighted by atomic mass is 10.5. The van der Waals surface area contributed by atoms with Crippen LogP contribution >= 0.6 is 15.9 Å². The van der Waals surface area contributed by atoms with E-state index in [2.05, 4.69) is 25.6 Å². The average Bonchev–Trinajstić information content (AvgIpc) is 2.04. The van der Waals surface area contributed by atoms with E-state index >= 15 is 0 Å². The molecule has 1 heterocycles. The van der Waals surface area contributed by atoms with E-state index in [1.165, 1.54) is 12.3 Å². The Morgan fingerprint density at radius 1 is 1.62 bits per heavy atom. The predicted octanol–water partition coefficient (Wildman–Crippen LogP) is 1.14. The summed E-state index contributed by atoms with van der Waals surface area (Å²) in [5.74, 6) is 0. The van der Waals surface area contributed by atoms with Gasteiger partial charge in [-0.15, -0.1) is 0 Å². The molecular formula is C7H9BrN2O2S. The fourth-order valence-corrected chi connectivity index (χ4v) is 2.80. The molecule has 13 heavy (non-hydrogen) atoms. The second kappa shape index (κ2) is 4.17. The Bertz CT molecular complexity index is 391. The van der Waals surface area contributed by atoms with Gasteiger partial charge in [-0.3, -0.25) is 0 Å². The van der Waals surface area contributed by atoms with Crippen LogP contribution in [0, 0.1) is 0 Å². The summed E-state index contributed by atoms with van der Waals surface area (Å²) >= 11 is 3.07. The summed E-state index contributed by atoms with van der Waals surface area (Å²) in [5.41, 5.74) is 0. The Kier molecular flexibility index (Phi) is 3.40. The maximum absolute atomic E-state index is 11.5. The number of sulfonamides is 1. The summed E-state index contributed by atoms with van der Waals surface area (Å²) in [4.78, 5) is 3.99. The zero-order valence-electron chi connectivity index (χ0n) is 6.99. The first kappa shape index (κ1) is 10.6. The van der Waals surface area contributed by atoms with Crippen LogP contribution < -0.4 is 4.72 Å². The molecule has 0 saturated carbocycles. The fraction of sp³-hybridized carbons (Fsp3) is 0.286. The molecule has 1 aromatic heterocycles. The highest BCUT2D eigenvalue weighted by Gasteiger charge is 2.15. The van der Waals surface area contributed by atoms with Gasteiger partial charge in [-0.05, 0) is 28.1 Å². The summed E-state index contributed by atoms with van der Waals surface area (Å²) in [7, 11) is -3.40. The molecule has 0 saturated heterocycles. The molecule has 0 radical (unpaired) electrons. The molecule has 0 spiro atoms. The molecule has 1 rings (SSSR count). The van der Waals surface area contributed by atoms with E-state index in [0.717, 1.165) is 0 Å². The third-order valence-corrected chi connectivity index (χ3v) is 3.82. The van der Waals surface area contributed by atoms with Gasteiger partial charge >= 0.3 is 0 Å². The molecule has 0 aliphatic rings. The van der Waals surface area contributed by atoms with Crippen LogP contribution in [0.15, 0.2) is 27.8 Å². The van der Waals surface area contributed by atoms with Crippen LogP contribution in [0.25, 0.3) is 0 Å². The molecule has 1 N–H and O–H groups in total. The van der Waals surface area contributed by atoms with Crippen molar-refractivity contribution in [2.75, 3.05) is 6.54 Å². The van der Waals surface area contributed by atoms with Crippen LogP contribution in [0.2, 0.25) is 0 Å². The zero-order chi connectivity index (χ0) is 9.90. The lowest BCUT2D eigenvalue weighted by Gasteiger charge is -2.04. The highest BCUT2D eigenvalue weighted by molar-refractivity contribution is 9.10. The highest BCUT2D eigenvalue weighted by atomic mass is 79.9. The minimum absolute atomic E-state index is 0.164. The van der Waals surface area contributed by atoms with Crippen molar-refractivity contribution in [1.82, 2.24) is 9.71 Å². The van der Waals surface area contributed by atoms with E-state index in [1.807, 2.05) is 0 Å². The molecule has 0 unspecified atom stereocenters. The lowest BCUT2D eigenvalue weighted by molar-refractivity contribution is 0.583. The number of aromatic nitrogens is 1. The minimum Gasteiger partial charge on any atom is -0.248 e. The quantitative estimate of drug-likeness (QED) is 0.834. The summed E-state index contributed by atoms with van der Waals surface area (Å²) in [6, 6.07) is 3.07. The lowest BCUT2D eigenvalue weighted by Crippen LogP contribution is -2.23. The SMILES string of the molecule is CCNS(=O)(=O)c1cccnc1Br. The number of pyridine rings is 1. The maximum Gasteiger partial charge on any atom is 0.243 e. The molecule has 0 aromatic carbocycles. The number of nitrogens with zero attached hydrogens (tertiary/aromatic N) is 1. The van der Waals surface area contributed by atoms with Crippen molar-refractivity contribution >= 4 is 26.0 Å². The van der Waals surface area contributed by atoms with E-state index in [9.17, 15) is 8.42 Å². The van der Waals surface area contributed by atoms with Gasteiger partial charge in [-0.25, -0.2) is 18.1 Å². The van der Waals surface area contributed by atoms with Crippen molar-refractivity contribution in [3.63, 3.8) is 0 Å². The van der Waals surface area contributed by atoms with Gasteiger partial charge in [0.25, 0.3) is 0 Å². The number of hydrogen-bond acceptors (Lipinski definition) is 3. The van der Waals surface area contributed by atoms with Gasteiger partial charge in [0, 0.05) is 12.7 Å². The van der Waals surface area contributed by atoms with Crippen LogP contribution in [-0.2, 0) is 10.0 Å². The molecule has 4 nitrogen and oxygen atoms in total. The molecule has 0 bridgehead atoms. The van der Waals surface area contributed by atoms with Gasteiger partial charge < -0.3 is 0 Å². The second-order valence-electron chi connectivity index (χ2n) is 2.29. The van der Waals surface area contributed by atoms with Crippen molar-refractivity contribution in [3.8, 4) is 0 Å². The Hall–Kier alpha value is -0.460. The second-order valence-corrected chi connectivity index (χ2v) is 4.78. The Balaban J connectivity index is 3.15. The molecule has 6 heteroatoms. The Morgan fingerprint density at radius 2 is 2.31 bits per heavy atom. The number of rotatable bonds is 3. The largest absolute Gasteiger partial charge is 0.248 e. The Morgan fingerprint density at radius 3 is 2.85 bits per heavy atom. The molecule has 0 fully saturated rings. The maximum atomic E-state index is 11.5. The Labute approximate surface area is 85.6 Å². The number of hydrogen-bond donors (Lipinski definition) is 1. The third kappa shape index (κ3) is 2.49. The normalized spacial score (nSPS) is 11.5. The number of nitrogens with one attached hydrogen (secondary N) is 1. The van der Waals surface area contributed by atoms with Crippen molar-refractivity contribution < 1.29 is 8.42 Å². The minimum atomic E-state index is -3.40. The molecule has 72 valence electrons. The summed E-state index contributed by atoms with van der Waals surface area (Å²) in [5, 5.41) is 0. The van der Waals surface area contributed by atoms with E-state index in [0.29, 0.717) is 11.1 Å². The first-order valence-electron chi connectivity index (χ1n) is 3.68. The van der Waals surface area contributed by atoms with Crippen LogP contribution in [0.5, 0.6) is 0 Å². The zero-order valence-corrected chi connectivity index (χ0v) is 9.39.